The molecule has 0 saturated carbocycles. The van der Waals surface area contributed by atoms with Crippen molar-refractivity contribution in [2.45, 2.75) is 58.7 Å². The van der Waals surface area contributed by atoms with E-state index in [0.717, 1.165) is 5.56 Å². The minimum absolute atomic E-state index is 0.158. The van der Waals surface area contributed by atoms with Crippen molar-refractivity contribution in [3.63, 3.8) is 0 Å². The Morgan fingerprint density at radius 2 is 1.70 bits per heavy atom. The summed E-state index contributed by atoms with van der Waals surface area (Å²) in [4.78, 5) is 36.1. The topological polar surface area (TPSA) is 99.3 Å². The Hall–Kier alpha value is -2.64. The average molecular weight is 380 g/mol. The molecule has 0 bridgehead atoms. The monoisotopic (exact) mass is 380 g/mol. The second kappa shape index (κ2) is 10.5. The number of hydrogen-bond acceptors (Lipinski definition) is 3. The standard InChI is InChI=1S/C19H29FN4O3/c1-5-6-15(17(26)21-12-16(25)24-19(2,3)4)23-18(27)22-11-13-7-9-14(20)10-8-13/h7-10,15H,5-6,11-12H2,1-4H3,(H,21,26)(H,24,25)(H2,22,23,27). The lowest BCUT2D eigenvalue weighted by Gasteiger charge is -2.22. The van der Waals surface area contributed by atoms with Crippen LogP contribution in [0, 0.1) is 5.82 Å². The van der Waals surface area contributed by atoms with E-state index in [4.69, 9.17) is 0 Å². The number of carbonyl (C=O) groups excluding carboxylic acids is 3. The van der Waals surface area contributed by atoms with Gasteiger partial charge in [-0.1, -0.05) is 25.5 Å². The van der Waals surface area contributed by atoms with Crippen LogP contribution in [0.3, 0.4) is 0 Å². The molecule has 1 unspecified atom stereocenters. The molecule has 0 aliphatic carbocycles. The van der Waals surface area contributed by atoms with Gasteiger partial charge in [0.05, 0.1) is 6.54 Å². The van der Waals surface area contributed by atoms with Crippen molar-refractivity contribution in [3.05, 3.63) is 35.6 Å². The Morgan fingerprint density at radius 1 is 1.07 bits per heavy atom. The van der Waals surface area contributed by atoms with Crippen LogP contribution in [0.5, 0.6) is 0 Å². The van der Waals surface area contributed by atoms with Crippen LogP contribution >= 0.6 is 0 Å². The highest BCUT2D eigenvalue weighted by atomic mass is 19.1. The summed E-state index contributed by atoms with van der Waals surface area (Å²) >= 11 is 0. The molecule has 1 atom stereocenters. The minimum Gasteiger partial charge on any atom is -0.350 e. The molecule has 0 heterocycles. The van der Waals surface area contributed by atoms with Crippen molar-refractivity contribution in [2.75, 3.05) is 6.54 Å². The zero-order valence-electron chi connectivity index (χ0n) is 16.3. The van der Waals surface area contributed by atoms with E-state index in [1.54, 1.807) is 12.1 Å². The maximum Gasteiger partial charge on any atom is 0.315 e. The molecule has 27 heavy (non-hydrogen) atoms. The number of hydrogen-bond donors (Lipinski definition) is 4. The van der Waals surface area contributed by atoms with Crippen molar-refractivity contribution >= 4 is 17.8 Å². The van der Waals surface area contributed by atoms with E-state index >= 15 is 0 Å². The van der Waals surface area contributed by atoms with Gasteiger partial charge in [0, 0.05) is 12.1 Å². The molecule has 0 radical (unpaired) electrons. The molecule has 1 aromatic rings. The van der Waals surface area contributed by atoms with E-state index in [1.807, 2.05) is 27.7 Å². The van der Waals surface area contributed by atoms with Crippen molar-refractivity contribution in [3.8, 4) is 0 Å². The van der Waals surface area contributed by atoms with Crippen LogP contribution in [-0.4, -0.2) is 36.0 Å². The quantitative estimate of drug-likeness (QED) is 0.554. The third-order valence-corrected chi connectivity index (χ3v) is 3.50. The molecule has 0 aliphatic heterocycles. The van der Waals surface area contributed by atoms with Gasteiger partial charge in [-0.15, -0.1) is 0 Å². The molecule has 0 aromatic heterocycles. The maximum absolute atomic E-state index is 12.9. The molecule has 4 N–H and O–H groups in total. The molecule has 150 valence electrons. The first kappa shape index (κ1) is 22.4. The average Bonchev–Trinajstić information content (AvgIpc) is 2.57. The lowest BCUT2D eigenvalue weighted by atomic mass is 10.1. The number of benzene rings is 1. The molecule has 1 rings (SSSR count). The van der Waals surface area contributed by atoms with Crippen LogP contribution in [0.2, 0.25) is 0 Å². The Morgan fingerprint density at radius 3 is 2.26 bits per heavy atom. The Bertz CT molecular complexity index is 641. The first-order chi connectivity index (χ1) is 12.6. The zero-order chi connectivity index (χ0) is 20.4. The fourth-order valence-corrected chi connectivity index (χ4v) is 2.30. The van der Waals surface area contributed by atoms with Crippen LogP contribution in [0.15, 0.2) is 24.3 Å². The van der Waals surface area contributed by atoms with Crippen LogP contribution < -0.4 is 21.3 Å². The molecule has 0 spiro atoms. The van der Waals surface area contributed by atoms with Crippen molar-refractivity contribution in [2.24, 2.45) is 0 Å². The van der Waals surface area contributed by atoms with E-state index in [-0.39, 0.29) is 30.4 Å². The molecule has 0 saturated heterocycles. The van der Waals surface area contributed by atoms with Gasteiger partial charge in [-0.05, 0) is 44.9 Å². The van der Waals surface area contributed by atoms with Gasteiger partial charge in [-0.25, -0.2) is 9.18 Å². The summed E-state index contributed by atoms with van der Waals surface area (Å²) < 4.78 is 12.9. The second-order valence-corrected chi connectivity index (χ2v) is 7.31. The van der Waals surface area contributed by atoms with Gasteiger partial charge in [0.2, 0.25) is 11.8 Å². The summed E-state index contributed by atoms with van der Waals surface area (Å²) in [6.07, 6.45) is 1.13. The second-order valence-electron chi connectivity index (χ2n) is 7.31. The molecule has 8 heteroatoms. The number of rotatable bonds is 8. The third-order valence-electron chi connectivity index (χ3n) is 3.50. The largest absolute Gasteiger partial charge is 0.350 e. The summed E-state index contributed by atoms with van der Waals surface area (Å²) in [7, 11) is 0. The number of amides is 4. The predicted octanol–water partition coefficient (Wildman–Crippen LogP) is 1.82. The Labute approximate surface area is 159 Å². The fraction of sp³-hybridized carbons (Fsp3) is 0.526. The van der Waals surface area contributed by atoms with E-state index in [9.17, 15) is 18.8 Å². The predicted molar refractivity (Wildman–Crippen MR) is 101 cm³/mol. The van der Waals surface area contributed by atoms with Crippen LogP contribution in [0.1, 0.15) is 46.1 Å². The number of halogens is 1. The van der Waals surface area contributed by atoms with Gasteiger partial charge < -0.3 is 21.3 Å². The van der Waals surface area contributed by atoms with Crippen LogP contribution in [-0.2, 0) is 16.1 Å². The summed E-state index contributed by atoms with van der Waals surface area (Å²) in [5, 5.41) is 10.5. The van der Waals surface area contributed by atoms with Gasteiger partial charge >= 0.3 is 6.03 Å². The molecular weight excluding hydrogens is 351 g/mol. The number of nitrogens with one attached hydrogen (secondary N) is 4. The first-order valence-electron chi connectivity index (χ1n) is 8.98. The summed E-state index contributed by atoms with van der Waals surface area (Å²) in [6, 6.07) is 4.51. The highest BCUT2D eigenvalue weighted by Crippen LogP contribution is 2.02. The van der Waals surface area contributed by atoms with Crippen molar-refractivity contribution < 1.29 is 18.8 Å². The van der Waals surface area contributed by atoms with E-state index in [2.05, 4.69) is 21.3 Å². The lowest BCUT2D eigenvalue weighted by Crippen LogP contribution is -2.52. The van der Waals surface area contributed by atoms with Gasteiger partial charge in [0.15, 0.2) is 0 Å². The molecule has 0 aliphatic rings. The SMILES string of the molecule is CCCC(NC(=O)NCc1ccc(F)cc1)C(=O)NCC(=O)NC(C)(C)C. The number of urea groups is 1. The molecule has 0 fully saturated rings. The molecule has 1 aromatic carbocycles. The highest BCUT2D eigenvalue weighted by Gasteiger charge is 2.21. The van der Waals surface area contributed by atoms with Gasteiger partial charge in [0.25, 0.3) is 0 Å². The van der Waals surface area contributed by atoms with Crippen molar-refractivity contribution in [1.29, 1.82) is 0 Å². The summed E-state index contributed by atoms with van der Waals surface area (Å²) in [5.74, 6) is -1.07. The van der Waals surface area contributed by atoms with Crippen molar-refractivity contribution in [1.82, 2.24) is 21.3 Å². The highest BCUT2D eigenvalue weighted by molar-refractivity contribution is 5.90. The van der Waals surface area contributed by atoms with Gasteiger partial charge in [0.1, 0.15) is 11.9 Å². The smallest absolute Gasteiger partial charge is 0.315 e. The third kappa shape index (κ3) is 9.58. The Kier molecular flexibility index (Phi) is 8.71. The van der Waals surface area contributed by atoms with Crippen LogP contribution in [0.4, 0.5) is 9.18 Å². The van der Waals surface area contributed by atoms with Gasteiger partial charge in [-0.2, -0.15) is 0 Å². The lowest BCUT2D eigenvalue weighted by molar-refractivity contribution is -0.127. The first-order valence-corrected chi connectivity index (χ1v) is 8.98. The summed E-state index contributed by atoms with van der Waals surface area (Å²) in [6.45, 7) is 7.49. The van der Waals surface area contributed by atoms with E-state index in [0.29, 0.717) is 12.8 Å². The van der Waals surface area contributed by atoms with E-state index in [1.165, 1.54) is 12.1 Å². The van der Waals surface area contributed by atoms with Crippen LogP contribution in [0.25, 0.3) is 0 Å². The molecule has 4 amide bonds. The maximum atomic E-state index is 12.9. The zero-order valence-corrected chi connectivity index (χ0v) is 16.3. The fourth-order valence-electron chi connectivity index (χ4n) is 2.30. The Balaban J connectivity index is 2.48. The molecule has 7 nitrogen and oxygen atoms in total. The summed E-state index contributed by atoms with van der Waals surface area (Å²) in [5.41, 5.74) is 0.352. The molecular formula is C19H29FN4O3. The van der Waals surface area contributed by atoms with E-state index < -0.39 is 18.0 Å². The minimum atomic E-state index is -0.745. The normalized spacial score (nSPS) is 12.0. The van der Waals surface area contributed by atoms with Gasteiger partial charge in [-0.3, -0.25) is 9.59 Å². The number of carbonyl (C=O) groups is 3.